The first-order chi connectivity index (χ1) is 24.4. The maximum atomic E-state index is 14.0. The lowest BCUT2D eigenvalue weighted by Gasteiger charge is -2.36. The van der Waals surface area contributed by atoms with E-state index in [2.05, 4.69) is 16.0 Å². The average molecular weight is 706 g/mol. The summed E-state index contributed by atoms with van der Waals surface area (Å²) in [6, 6.07) is 16.1. The van der Waals surface area contributed by atoms with E-state index < -0.39 is 47.7 Å². The van der Waals surface area contributed by atoms with Crippen LogP contribution in [0.2, 0.25) is 0 Å². The first-order valence-electron chi connectivity index (χ1n) is 17.9. The number of hydrogen-bond acceptors (Lipinski definition) is 8. The predicted octanol–water partition coefficient (Wildman–Crippen LogP) is 0.936. The van der Waals surface area contributed by atoms with E-state index in [0.29, 0.717) is 38.6 Å². The highest BCUT2D eigenvalue weighted by atomic mass is 16.2. The number of unbranched alkanes of at least 4 members (excludes halogenated alkanes) is 1. The molecule has 1 saturated heterocycles. The van der Waals surface area contributed by atoms with Crippen LogP contribution in [-0.2, 0) is 41.6 Å². The van der Waals surface area contributed by atoms with Crippen LogP contribution in [0, 0.1) is 11.8 Å². The summed E-state index contributed by atoms with van der Waals surface area (Å²) in [6.07, 6.45) is 2.40. The zero-order valence-corrected chi connectivity index (χ0v) is 30.1. The van der Waals surface area contributed by atoms with Crippen LogP contribution in [-0.4, -0.2) is 103 Å². The molecule has 7 N–H and O–H groups in total. The molecule has 13 heteroatoms. The Hall–Kier alpha value is -4.62. The minimum absolute atomic E-state index is 0.0623. The molecule has 0 spiro atoms. The van der Waals surface area contributed by atoms with Crippen LogP contribution in [0.3, 0.4) is 0 Å². The van der Waals surface area contributed by atoms with Crippen LogP contribution < -0.4 is 27.4 Å². The second-order valence-corrected chi connectivity index (χ2v) is 13.6. The summed E-state index contributed by atoms with van der Waals surface area (Å²) in [7, 11) is 1.39. The zero-order chi connectivity index (χ0) is 37.3. The van der Waals surface area contributed by atoms with Crippen molar-refractivity contribution in [2.45, 2.75) is 76.9 Å². The third kappa shape index (κ3) is 13.2. The minimum Gasteiger partial charge on any atom is -0.351 e. The van der Waals surface area contributed by atoms with Crippen LogP contribution in [0.4, 0.5) is 0 Å². The van der Waals surface area contributed by atoms with Gasteiger partial charge >= 0.3 is 11.8 Å². The van der Waals surface area contributed by atoms with Gasteiger partial charge in [0.25, 0.3) is 0 Å². The van der Waals surface area contributed by atoms with Crippen molar-refractivity contribution in [2.24, 2.45) is 23.3 Å². The van der Waals surface area contributed by atoms with Gasteiger partial charge in [-0.15, -0.1) is 0 Å². The Morgan fingerprint density at radius 1 is 0.745 bits per heavy atom. The number of nitrogens with one attached hydrogen (secondary N) is 3. The Labute approximate surface area is 301 Å². The molecule has 1 heterocycles. The van der Waals surface area contributed by atoms with Crippen LogP contribution in [0.15, 0.2) is 60.7 Å². The molecule has 13 nitrogen and oxygen atoms in total. The molecule has 0 aliphatic carbocycles. The van der Waals surface area contributed by atoms with Gasteiger partial charge in [-0.3, -0.25) is 28.8 Å². The highest BCUT2D eigenvalue weighted by molar-refractivity contribution is 6.34. The molecule has 278 valence electrons. The highest BCUT2D eigenvalue weighted by Crippen LogP contribution is 2.20. The monoisotopic (exact) mass is 705 g/mol. The molecule has 4 atom stereocenters. The van der Waals surface area contributed by atoms with Gasteiger partial charge in [-0.25, -0.2) is 0 Å². The largest absolute Gasteiger partial charge is 0.351 e. The van der Waals surface area contributed by atoms with Crippen molar-refractivity contribution in [1.29, 1.82) is 0 Å². The number of rotatable bonds is 18. The molecule has 0 unspecified atom stereocenters. The summed E-state index contributed by atoms with van der Waals surface area (Å²) < 4.78 is 0. The summed E-state index contributed by atoms with van der Waals surface area (Å²) in [4.78, 5) is 82.1. The summed E-state index contributed by atoms with van der Waals surface area (Å²) in [5.74, 6) is -3.52. The van der Waals surface area contributed by atoms with Gasteiger partial charge < -0.3 is 37.2 Å². The van der Waals surface area contributed by atoms with Crippen LogP contribution in [0.1, 0.15) is 57.1 Å². The van der Waals surface area contributed by atoms with Crippen molar-refractivity contribution in [2.75, 3.05) is 39.8 Å². The number of nitrogens with zero attached hydrogens (tertiary/aromatic N) is 2. The topological polar surface area (TPSA) is 197 Å². The molecule has 1 aliphatic heterocycles. The zero-order valence-electron chi connectivity index (χ0n) is 30.1. The van der Waals surface area contributed by atoms with Gasteiger partial charge in [-0.05, 0) is 62.1 Å². The number of ketones is 1. The quantitative estimate of drug-likeness (QED) is 0.112. The Bertz CT molecular complexity index is 1450. The molecule has 0 bridgehead atoms. The second kappa shape index (κ2) is 20.9. The van der Waals surface area contributed by atoms with Gasteiger partial charge in [-0.2, -0.15) is 0 Å². The standard InChI is InChI=1S/C38H55N7O6/c1-26(2)22-29(34(47)42-31(16-10-11-17-39)37(50)44-18-20-45(21-19-44)38(51)36(49)41-3)25-33(46)32(24-28-14-8-5-9-15-28)43-35(48)30(40)23-27-12-6-4-7-13-27/h4-9,12-15,26,29-32H,10-11,16-25,39-40H2,1-3H3,(H,41,49)(H,42,47)(H,43,48)/t29-,30+,31+,32+/m0/s1. The molecular formula is C38H55N7O6. The molecule has 51 heavy (non-hydrogen) atoms. The van der Waals surface area contributed by atoms with E-state index in [-0.39, 0.29) is 56.6 Å². The number of carbonyl (C=O) groups is 6. The van der Waals surface area contributed by atoms with Gasteiger partial charge in [0.15, 0.2) is 5.78 Å². The van der Waals surface area contributed by atoms with Crippen LogP contribution >= 0.6 is 0 Å². The number of Topliss-reactive ketones (excluding diaryl/α,β-unsaturated/α-hetero) is 1. The SMILES string of the molecule is CNC(=O)C(=O)N1CCN(C(=O)[C@@H](CCCCN)NC(=O)[C@H](CC(=O)[C@@H](Cc2ccccc2)NC(=O)[C@H](N)Cc2ccccc2)CC(C)C)CC1. The molecule has 1 fully saturated rings. The lowest BCUT2D eigenvalue weighted by Crippen LogP contribution is -2.57. The maximum absolute atomic E-state index is 14.0. The summed E-state index contributed by atoms with van der Waals surface area (Å²) in [6.45, 7) is 5.16. The fourth-order valence-corrected chi connectivity index (χ4v) is 6.21. The van der Waals surface area contributed by atoms with E-state index in [0.717, 1.165) is 11.1 Å². The smallest absolute Gasteiger partial charge is 0.311 e. The van der Waals surface area contributed by atoms with Gasteiger partial charge in [-0.1, -0.05) is 74.5 Å². The van der Waals surface area contributed by atoms with E-state index in [1.54, 1.807) is 4.90 Å². The Morgan fingerprint density at radius 3 is 1.84 bits per heavy atom. The van der Waals surface area contributed by atoms with Crippen molar-refractivity contribution in [1.82, 2.24) is 25.8 Å². The molecule has 0 aromatic heterocycles. The molecule has 2 aromatic carbocycles. The fourth-order valence-electron chi connectivity index (χ4n) is 6.21. The molecule has 0 saturated carbocycles. The number of hydrogen-bond donors (Lipinski definition) is 5. The summed E-state index contributed by atoms with van der Waals surface area (Å²) in [5, 5.41) is 8.14. The van der Waals surface area contributed by atoms with E-state index in [4.69, 9.17) is 11.5 Å². The second-order valence-electron chi connectivity index (χ2n) is 13.6. The third-order valence-corrected chi connectivity index (χ3v) is 9.06. The van der Waals surface area contributed by atoms with Crippen molar-refractivity contribution in [3.05, 3.63) is 71.8 Å². The first-order valence-corrected chi connectivity index (χ1v) is 17.9. The molecular weight excluding hydrogens is 650 g/mol. The van der Waals surface area contributed by atoms with Gasteiger partial charge in [0.1, 0.15) is 6.04 Å². The highest BCUT2D eigenvalue weighted by Gasteiger charge is 2.34. The van der Waals surface area contributed by atoms with Crippen molar-refractivity contribution >= 4 is 35.3 Å². The molecule has 2 aromatic rings. The molecule has 1 aliphatic rings. The molecule has 5 amide bonds. The number of benzene rings is 2. The van der Waals surface area contributed by atoms with Crippen LogP contribution in [0.25, 0.3) is 0 Å². The van der Waals surface area contributed by atoms with E-state index >= 15 is 0 Å². The number of likely N-dealkylation sites (N-methyl/N-ethyl adjacent to an activating group) is 1. The van der Waals surface area contributed by atoms with E-state index in [1.807, 2.05) is 74.5 Å². The van der Waals surface area contributed by atoms with Crippen LogP contribution in [0.5, 0.6) is 0 Å². The van der Waals surface area contributed by atoms with E-state index in [1.165, 1.54) is 11.9 Å². The molecule has 0 radical (unpaired) electrons. The van der Waals surface area contributed by atoms with Crippen molar-refractivity contribution < 1.29 is 28.8 Å². The van der Waals surface area contributed by atoms with Gasteiger partial charge in [0, 0.05) is 45.6 Å². The average Bonchev–Trinajstić information content (AvgIpc) is 3.13. The van der Waals surface area contributed by atoms with E-state index in [9.17, 15) is 28.8 Å². The Kier molecular flexibility index (Phi) is 16.7. The first kappa shape index (κ1) is 40.8. The summed E-state index contributed by atoms with van der Waals surface area (Å²) in [5.41, 5.74) is 13.7. The number of piperazine rings is 1. The number of amides is 5. The lowest BCUT2D eigenvalue weighted by atomic mass is 9.88. The maximum Gasteiger partial charge on any atom is 0.311 e. The molecule has 3 rings (SSSR count). The lowest BCUT2D eigenvalue weighted by molar-refractivity contribution is -0.148. The Morgan fingerprint density at radius 2 is 1.29 bits per heavy atom. The predicted molar refractivity (Wildman–Crippen MR) is 195 cm³/mol. The third-order valence-electron chi connectivity index (χ3n) is 9.06. The fraction of sp³-hybridized carbons (Fsp3) is 0.526. The number of carbonyl (C=O) groups excluding carboxylic acids is 6. The Balaban J connectivity index is 1.75. The minimum atomic E-state index is -0.917. The summed E-state index contributed by atoms with van der Waals surface area (Å²) >= 11 is 0. The van der Waals surface area contributed by atoms with Crippen molar-refractivity contribution in [3.63, 3.8) is 0 Å². The van der Waals surface area contributed by atoms with Gasteiger partial charge in [0.2, 0.25) is 17.7 Å². The van der Waals surface area contributed by atoms with Gasteiger partial charge in [0.05, 0.1) is 12.1 Å². The van der Waals surface area contributed by atoms with Crippen molar-refractivity contribution in [3.8, 4) is 0 Å². The number of nitrogens with two attached hydrogens (primary N) is 2. The normalized spacial score (nSPS) is 15.3.